The zero-order valence-electron chi connectivity index (χ0n) is 6.89. The maximum atomic E-state index is 5.70. The summed E-state index contributed by atoms with van der Waals surface area (Å²) in [4.78, 5) is 0. The molecule has 0 unspecified atom stereocenters. The summed E-state index contributed by atoms with van der Waals surface area (Å²) >= 11 is 5.70. The molecule has 1 aromatic heterocycles. The summed E-state index contributed by atoms with van der Waals surface area (Å²) in [7, 11) is 1.93. The van der Waals surface area contributed by atoms with Crippen molar-refractivity contribution in [1.82, 2.24) is 9.78 Å². The fourth-order valence-electron chi connectivity index (χ4n) is 1.01. The number of rotatable bonds is 1. The summed E-state index contributed by atoms with van der Waals surface area (Å²) in [5, 5.41) is 4.21. The molecule has 0 aromatic carbocycles. The van der Waals surface area contributed by atoms with Crippen LogP contribution in [-0.4, -0.2) is 9.78 Å². The third kappa shape index (κ3) is 1.88. The van der Waals surface area contributed by atoms with Gasteiger partial charge in [-0.1, -0.05) is 0 Å². The summed E-state index contributed by atoms with van der Waals surface area (Å²) in [6, 6.07) is 0. The molecular formula is C7H12Cl2N2. The van der Waals surface area contributed by atoms with E-state index in [9.17, 15) is 0 Å². The van der Waals surface area contributed by atoms with E-state index in [-0.39, 0.29) is 12.4 Å². The minimum atomic E-state index is 0. The Morgan fingerprint density at radius 3 is 2.18 bits per heavy atom. The molecule has 11 heavy (non-hydrogen) atoms. The molecule has 0 N–H and O–H groups in total. The second-order valence-corrected chi connectivity index (χ2v) is 2.67. The lowest BCUT2D eigenvalue weighted by molar-refractivity contribution is 0.730. The number of alkyl halides is 1. The molecule has 0 atom stereocenters. The smallest absolute Gasteiger partial charge is 0.0640 e. The van der Waals surface area contributed by atoms with Crippen molar-refractivity contribution < 1.29 is 0 Å². The van der Waals surface area contributed by atoms with Gasteiger partial charge < -0.3 is 0 Å². The van der Waals surface area contributed by atoms with Gasteiger partial charge in [-0.05, 0) is 13.8 Å². The number of hydrogen-bond donors (Lipinski definition) is 0. The van der Waals surface area contributed by atoms with Crippen LogP contribution < -0.4 is 0 Å². The molecule has 1 rings (SSSR count). The molecule has 0 aliphatic heterocycles. The standard InChI is InChI=1S/C7H11ClN2.ClH/c1-5-7(4-8)6(2)10(3)9-5;/h4H2,1-3H3;1H. The highest BCUT2D eigenvalue weighted by atomic mass is 35.5. The number of aromatic nitrogens is 2. The second kappa shape index (κ2) is 3.98. The summed E-state index contributed by atoms with van der Waals surface area (Å²) in [5.74, 6) is 0.561. The van der Waals surface area contributed by atoms with Gasteiger partial charge in [0.1, 0.15) is 0 Å². The summed E-state index contributed by atoms with van der Waals surface area (Å²) < 4.78 is 1.85. The number of hydrogen-bond acceptors (Lipinski definition) is 1. The summed E-state index contributed by atoms with van der Waals surface area (Å²) in [5.41, 5.74) is 3.35. The highest BCUT2D eigenvalue weighted by molar-refractivity contribution is 6.17. The molecule has 0 aliphatic rings. The maximum Gasteiger partial charge on any atom is 0.0640 e. The molecule has 1 aromatic rings. The van der Waals surface area contributed by atoms with Crippen LogP contribution >= 0.6 is 24.0 Å². The first-order chi connectivity index (χ1) is 4.66. The lowest BCUT2D eigenvalue weighted by Gasteiger charge is -1.93. The van der Waals surface area contributed by atoms with Gasteiger partial charge in [0.25, 0.3) is 0 Å². The van der Waals surface area contributed by atoms with Gasteiger partial charge >= 0.3 is 0 Å². The first-order valence-corrected chi connectivity index (χ1v) is 3.75. The number of nitrogens with zero attached hydrogens (tertiary/aromatic N) is 2. The summed E-state index contributed by atoms with van der Waals surface area (Å²) in [6.07, 6.45) is 0. The van der Waals surface area contributed by atoms with E-state index in [0.29, 0.717) is 5.88 Å². The van der Waals surface area contributed by atoms with Gasteiger partial charge in [0.15, 0.2) is 0 Å². The summed E-state index contributed by atoms with van der Waals surface area (Å²) in [6.45, 7) is 4.00. The van der Waals surface area contributed by atoms with Crippen molar-refractivity contribution in [3.63, 3.8) is 0 Å². The van der Waals surface area contributed by atoms with Crippen LogP contribution in [-0.2, 0) is 12.9 Å². The van der Waals surface area contributed by atoms with Gasteiger partial charge in [-0.25, -0.2) is 0 Å². The molecule has 1 heterocycles. The molecule has 0 radical (unpaired) electrons. The first-order valence-electron chi connectivity index (χ1n) is 3.22. The molecule has 64 valence electrons. The van der Waals surface area contributed by atoms with Crippen LogP contribution in [0.5, 0.6) is 0 Å². The lowest BCUT2D eigenvalue weighted by atomic mass is 10.2. The van der Waals surface area contributed by atoms with Crippen LogP contribution in [0, 0.1) is 13.8 Å². The third-order valence-corrected chi connectivity index (χ3v) is 2.06. The fraction of sp³-hybridized carbons (Fsp3) is 0.571. The minimum absolute atomic E-state index is 0. The molecule has 2 nitrogen and oxygen atoms in total. The van der Waals surface area contributed by atoms with E-state index < -0.39 is 0 Å². The van der Waals surface area contributed by atoms with Crippen LogP contribution in [0.15, 0.2) is 0 Å². The Bertz CT molecular complexity index is 243. The average molecular weight is 195 g/mol. The normalized spacial score (nSPS) is 9.45. The van der Waals surface area contributed by atoms with E-state index in [1.807, 2.05) is 25.6 Å². The number of halogens is 2. The lowest BCUT2D eigenvalue weighted by Crippen LogP contribution is -1.92. The van der Waals surface area contributed by atoms with Crippen LogP contribution in [0.3, 0.4) is 0 Å². The molecular weight excluding hydrogens is 183 g/mol. The Hall–Kier alpha value is -0.210. The van der Waals surface area contributed by atoms with Crippen LogP contribution in [0.25, 0.3) is 0 Å². The topological polar surface area (TPSA) is 17.8 Å². The Morgan fingerprint density at radius 2 is 2.00 bits per heavy atom. The Labute approximate surface area is 78.0 Å². The van der Waals surface area contributed by atoms with E-state index in [1.54, 1.807) is 0 Å². The number of aryl methyl sites for hydroxylation is 2. The van der Waals surface area contributed by atoms with Gasteiger partial charge in [0, 0.05) is 18.3 Å². The van der Waals surface area contributed by atoms with Crippen molar-refractivity contribution in [2.24, 2.45) is 7.05 Å². The largest absolute Gasteiger partial charge is 0.272 e. The molecule has 0 aliphatic carbocycles. The molecule has 0 amide bonds. The zero-order valence-corrected chi connectivity index (χ0v) is 8.46. The van der Waals surface area contributed by atoms with Gasteiger partial charge in [-0.3, -0.25) is 4.68 Å². The monoisotopic (exact) mass is 194 g/mol. The SMILES string of the molecule is Cc1nn(C)c(C)c1CCl.Cl. The predicted molar refractivity (Wildman–Crippen MR) is 49.5 cm³/mol. The van der Waals surface area contributed by atoms with Crippen LogP contribution in [0.4, 0.5) is 0 Å². The third-order valence-electron chi connectivity index (χ3n) is 1.79. The second-order valence-electron chi connectivity index (χ2n) is 2.41. The quantitative estimate of drug-likeness (QED) is 0.628. The van der Waals surface area contributed by atoms with Crippen molar-refractivity contribution in [1.29, 1.82) is 0 Å². The van der Waals surface area contributed by atoms with Crippen LogP contribution in [0.1, 0.15) is 17.0 Å². The van der Waals surface area contributed by atoms with E-state index in [1.165, 1.54) is 0 Å². The van der Waals surface area contributed by atoms with Crippen molar-refractivity contribution in [3.8, 4) is 0 Å². The molecule has 0 saturated heterocycles. The Balaban J connectivity index is 0.000001000. The van der Waals surface area contributed by atoms with Gasteiger partial charge in [0.2, 0.25) is 0 Å². The zero-order chi connectivity index (χ0) is 7.72. The highest BCUT2D eigenvalue weighted by Crippen LogP contribution is 2.13. The van der Waals surface area contributed by atoms with E-state index in [4.69, 9.17) is 11.6 Å². The van der Waals surface area contributed by atoms with Gasteiger partial charge in [-0.15, -0.1) is 24.0 Å². The van der Waals surface area contributed by atoms with Gasteiger partial charge in [0.05, 0.1) is 11.6 Å². The molecule has 0 spiro atoms. The van der Waals surface area contributed by atoms with Crippen molar-refractivity contribution in [3.05, 3.63) is 17.0 Å². The Morgan fingerprint density at radius 1 is 1.45 bits per heavy atom. The maximum absolute atomic E-state index is 5.70. The molecule has 4 heteroatoms. The van der Waals surface area contributed by atoms with Crippen molar-refractivity contribution >= 4 is 24.0 Å². The first kappa shape index (κ1) is 10.8. The molecule has 0 bridgehead atoms. The minimum Gasteiger partial charge on any atom is -0.272 e. The van der Waals surface area contributed by atoms with Crippen molar-refractivity contribution in [2.75, 3.05) is 0 Å². The average Bonchev–Trinajstić information content (AvgIpc) is 2.09. The van der Waals surface area contributed by atoms with Crippen LogP contribution in [0.2, 0.25) is 0 Å². The molecule has 0 fully saturated rings. The van der Waals surface area contributed by atoms with E-state index in [0.717, 1.165) is 17.0 Å². The highest BCUT2D eigenvalue weighted by Gasteiger charge is 2.06. The van der Waals surface area contributed by atoms with Crippen molar-refractivity contribution in [2.45, 2.75) is 19.7 Å². The molecule has 0 saturated carbocycles. The fourth-order valence-corrected chi connectivity index (χ4v) is 1.40. The van der Waals surface area contributed by atoms with Gasteiger partial charge in [-0.2, -0.15) is 5.10 Å². The Kier molecular flexibility index (Phi) is 3.90. The predicted octanol–water partition coefficient (Wildman–Crippen LogP) is 2.20. The van der Waals surface area contributed by atoms with E-state index in [2.05, 4.69) is 5.10 Å². The van der Waals surface area contributed by atoms with E-state index >= 15 is 0 Å².